The fourth-order valence-corrected chi connectivity index (χ4v) is 1.61. The number of rotatable bonds is 2. The van der Waals surface area contributed by atoms with Crippen molar-refractivity contribution in [3.63, 3.8) is 0 Å². The number of nitrogens with two attached hydrogens (primary N) is 1. The summed E-state index contributed by atoms with van der Waals surface area (Å²) in [7, 11) is 0. The molecule has 2 N–H and O–H groups in total. The van der Waals surface area contributed by atoms with Crippen LogP contribution in [0.15, 0.2) is 36.5 Å². The first-order chi connectivity index (χ1) is 8.87. The van der Waals surface area contributed by atoms with Crippen molar-refractivity contribution in [2.24, 2.45) is 0 Å². The Morgan fingerprint density at radius 3 is 2.32 bits per heavy atom. The van der Waals surface area contributed by atoms with E-state index in [1.165, 1.54) is 24.3 Å². The van der Waals surface area contributed by atoms with Gasteiger partial charge in [0.15, 0.2) is 0 Å². The minimum absolute atomic E-state index is 0.275. The highest BCUT2D eigenvalue weighted by Gasteiger charge is 2.30. The number of aromatic nitrogens is 1. The molecule has 0 aliphatic heterocycles. The molecule has 2 rings (SSSR count). The monoisotopic (exact) mass is 268 g/mol. The molecule has 1 aromatic heterocycles. The van der Waals surface area contributed by atoms with Gasteiger partial charge in [-0.25, -0.2) is 0 Å². The Hall–Kier alpha value is -2.24. The number of nitrogens with zero attached hydrogens (tertiary/aromatic N) is 1. The maximum absolute atomic E-state index is 12.0. The van der Waals surface area contributed by atoms with Crippen molar-refractivity contribution in [3.05, 3.63) is 42.1 Å². The van der Waals surface area contributed by atoms with Crippen LogP contribution >= 0.6 is 0 Å². The average molecular weight is 268 g/mol. The molecule has 2 aromatic rings. The van der Waals surface area contributed by atoms with Crippen molar-refractivity contribution >= 4 is 5.69 Å². The first kappa shape index (κ1) is 13.2. The van der Waals surface area contributed by atoms with Crippen molar-refractivity contribution in [2.75, 3.05) is 5.73 Å². The number of alkyl halides is 3. The molecule has 100 valence electrons. The van der Waals surface area contributed by atoms with Crippen LogP contribution in [0.5, 0.6) is 5.75 Å². The van der Waals surface area contributed by atoms with Gasteiger partial charge in [0.2, 0.25) is 0 Å². The second-order valence-electron chi connectivity index (χ2n) is 3.96. The number of pyridine rings is 1. The molecule has 19 heavy (non-hydrogen) atoms. The Morgan fingerprint density at radius 1 is 1.11 bits per heavy atom. The topological polar surface area (TPSA) is 48.1 Å². The predicted molar refractivity (Wildman–Crippen MR) is 65.5 cm³/mol. The molecule has 0 spiro atoms. The van der Waals surface area contributed by atoms with Gasteiger partial charge >= 0.3 is 6.36 Å². The summed E-state index contributed by atoms with van der Waals surface area (Å²) < 4.78 is 39.9. The van der Waals surface area contributed by atoms with Gasteiger partial charge in [-0.2, -0.15) is 0 Å². The minimum atomic E-state index is -4.69. The molecule has 0 bridgehead atoms. The average Bonchev–Trinajstić information content (AvgIpc) is 2.32. The van der Waals surface area contributed by atoms with Gasteiger partial charge in [0.1, 0.15) is 5.75 Å². The van der Waals surface area contributed by atoms with E-state index in [0.717, 1.165) is 5.56 Å². The summed E-state index contributed by atoms with van der Waals surface area (Å²) in [5.74, 6) is -0.275. The molecule has 1 heterocycles. The van der Waals surface area contributed by atoms with E-state index in [4.69, 9.17) is 5.73 Å². The highest BCUT2D eigenvalue weighted by Crippen LogP contribution is 2.29. The lowest BCUT2D eigenvalue weighted by Crippen LogP contribution is -2.16. The van der Waals surface area contributed by atoms with Crippen molar-refractivity contribution in [3.8, 4) is 17.0 Å². The summed E-state index contributed by atoms with van der Waals surface area (Å²) >= 11 is 0. The van der Waals surface area contributed by atoms with E-state index >= 15 is 0 Å². The van der Waals surface area contributed by atoms with Crippen LogP contribution in [0.3, 0.4) is 0 Å². The van der Waals surface area contributed by atoms with Crippen molar-refractivity contribution in [1.29, 1.82) is 0 Å². The molecule has 0 aliphatic carbocycles. The van der Waals surface area contributed by atoms with Gasteiger partial charge < -0.3 is 10.5 Å². The van der Waals surface area contributed by atoms with Crippen LogP contribution in [0, 0.1) is 6.92 Å². The van der Waals surface area contributed by atoms with Crippen molar-refractivity contribution in [2.45, 2.75) is 13.3 Å². The van der Waals surface area contributed by atoms with E-state index in [2.05, 4.69) is 9.72 Å². The first-order valence-electron chi connectivity index (χ1n) is 5.44. The highest BCUT2D eigenvalue weighted by molar-refractivity contribution is 5.74. The third-order valence-electron chi connectivity index (χ3n) is 2.57. The lowest BCUT2D eigenvalue weighted by molar-refractivity contribution is -0.274. The van der Waals surface area contributed by atoms with E-state index in [9.17, 15) is 13.2 Å². The zero-order valence-corrected chi connectivity index (χ0v) is 10.0. The van der Waals surface area contributed by atoms with Crippen LogP contribution in [0.2, 0.25) is 0 Å². The quantitative estimate of drug-likeness (QED) is 0.906. The van der Waals surface area contributed by atoms with Gasteiger partial charge in [0, 0.05) is 11.8 Å². The number of hydrogen-bond donors (Lipinski definition) is 1. The van der Waals surface area contributed by atoms with Gasteiger partial charge in [-0.05, 0) is 42.8 Å². The maximum atomic E-state index is 12.0. The van der Waals surface area contributed by atoms with Crippen molar-refractivity contribution < 1.29 is 17.9 Å². The molecule has 0 radical (unpaired) electrons. The number of hydrogen-bond acceptors (Lipinski definition) is 3. The first-order valence-corrected chi connectivity index (χ1v) is 5.44. The van der Waals surface area contributed by atoms with Crippen LogP contribution in [-0.4, -0.2) is 11.3 Å². The Morgan fingerprint density at radius 2 is 1.74 bits per heavy atom. The standard InChI is InChI=1S/C13H11F3N2O/c1-8-6-7-18-12(11(8)17)9-2-4-10(5-3-9)19-13(14,15)16/h2-7H,17H2,1H3. The number of nitrogen functional groups attached to an aromatic ring is 1. The van der Waals surface area contributed by atoms with Crippen LogP contribution < -0.4 is 10.5 Å². The second-order valence-corrected chi connectivity index (χ2v) is 3.96. The number of ether oxygens (including phenoxy) is 1. The molecular formula is C13H11F3N2O. The fourth-order valence-electron chi connectivity index (χ4n) is 1.61. The molecule has 0 saturated heterocycles. The van der Waals surface area contributed by atoms with Crippen LogP contribution in [0.25, 0.3) is 11.3 Å². The van der Waals surface area contributed by atoms with Crippen LogP contribution in [-0.2, 0) is 0 Å². The molecule has 0 aliphatic rings. The van der Waals surface area contributed by atoms with E-state index < -0.39 is 6.36 Å². The van der Waals surface area contributed by atoms with Gasteiger partial charge in [-0.15, -0.1) is 13.2 Å². The van der Waals surface area contributed by atoms with Gasteiger partial charge in [0.25, 0.3) is 0 Å². The third kappa shape index (κ3) is 3.15. The Bertz CT molecular complexity index is 579. The summed E-state index contributed by atoms with van der Waals surface area (Å²) in [4.78, 5) is 4.13. The normalized spacial score (nSPS) is 11.4. The largest absolute Gasteiger partial charge is 0.573 e. The van der Waals surface area contributed by atoms with Gasteiger partial charge in [-0.3, -0.25) is 4.98 Å². The van der Waals surface area contributed by atoms with E-state index in [-0.39, 0.29) is 5.75 Å². The smallest absolute Gasteiger partial charge is 0.406 e. The van der Waals surface area contributed by atoms with Crippen molar-refractivity contribution in [1.82, 2.24) is 4.98 Å². The highest BCUT2D eigenvalue weighted by atomic mass is 19.4. The molecule has 0 saturated carbocycles. The Balaban J connectivity index is 2.30. The lowest BCUT2D eigenvalue weighted by atomic mass is 10.1. The summed E-state index contributed by atoms with van der Waals surface area (Å²) in [6.45, 7) is 1.83. The predicted octanol–water partition coefficient (Wildman–Crippen LogP) is 3.54. The molecule has 0 fully saturated rings. The van der Waals surface area contributed by atoms with Gasteiger partial charge in [0.05, 0.1) is 11.4 Å². The number of aryl methyl sites for hydroxylation is 1. The van der Waals surface area contributed by atoms with Crippen LogP contribution in [0.4, 0.5) is 18.9 Å². The summed E-state index contributed by atoms with van der Waals surface area (Å²) in [5, 5.41) is 0. The number of halogens is 3. The lowest BCUT2D eigenvalue weighted by Gasteiger charge is -2.10. The summed E-state index contributed by atoms with van der Waals surface area (Å²) in [5.41, 5.74) is 8.42. The number of anilines is 1. The minimum Gasteiger partial charge on any atom is -0.406 e. The zero-order chi connectivity index (χ0) is 14.0. The van der Waals surface area contributed by atoms with Gasteiger partial charge in [-0.1, -0.05) is 0 Å². The van der Waals surface area contributed by atoms with E-state index in [1.807, 2.05) is 6.92 Å². The summed E-state index contributed by atoms with van der Waals surface area (Å²) in [6.07, 6.45) is -3.09. The summed E-state index contributed by atoms with van der Waals surface area (Å²) in [6, 6.07) is 7.19. The Labute approximate surface area is 107 Å². The van der Waals surface area contributed by atoms with E-state index in [0.29, 0.717) is 16.9 Å². The molecule has 6 heteroatoms. The number of benzene rings is 1. The van der Waals surface area contributed by atoms with E-state index in [1.54, 1.807) is 12.3 Å². The SMILES string of the molecule is Cc1ccnc(-c2ccc(OC(F)(F)F)cc2)c1N. The maximum Gasteiger partial charge on any atom is 0.573 e. The zero-order valence-electron chi connectivity index (χ0n) is 10.0. The third-order valence-corrected chi connectivity index (χ3v) is 2.57. The molecule has 0 amide bonds. The molecular weight excluding hydrogens is 257 g/mol. The molecule has 1 aromatic carbocycles. The molecule has 0 unspecified atom stereocenters. The Kier molecular flexibility index (Phi) is 3.33. The second kappa shape index (κ2) is 4.79. The molecule has 3 nitrogen and oxygen atoms in total. The molecule has 0 atom stereocenters. The fraction of sp³-hybridized carbons (Fsp3) is 0.154. The van der Waals surface area contributed by atoms with Crippen LogP contribution in [0.1, 0.15) is 5.56 Å².